The van der Waals surface area contributed by atoms with E-state index in [9.17, 15) is 18.4 Å². The first-order chi connectivity index (χ1) is 14.9. The van der Waals surface area contributed by atoms with Crippen molar-refractivity contribution in [2.75, 3.05) is 19.5 Å². The summed E-state index contributed by atoms with van der Waals surface area (Å²) in [7, 11) is 2.39. The van der Waals surface area contributed by atoms with Gasteiger partial charge in [-0.2, -0.15) is 8.78 Å². The van der Waals surface area contributed by atoms with Gasteiger partial charge >= 0.3 is 12.6 Å². The van der Waals surface area contributed by atoms with Crippen LogP contribution >= 0.6 is 11.3 Å². The second-order valence-corrected chi connectivity index (χ2v) is 7.01. The molecule has 3 aromatic rings. The smallest absolute Gasteiger partial charge is 0.387 e. The lowest BCUT2D eigenvalue weighted by Gasteiger charge is -2.15. The van der Waals surface area contributed by atoms with Gasteiger partial charge < -0.3 is 19.5 Å². The molecule has 1 aromatic heterocycles. The van der Waals surface area contributed by atoms with Crippen LogP contribution in [0.25, 0.3) is 10.6 Å². The molecule has 0 aliphatic heterocycles. The molecular formula is C21H18F2N2O5S. The van der Waals surface area contributed by atoms with Gasteiger partial charge in [0, 0.05) is 23.1 Å². The van der Waals surface area contributed by atoms with Crippen LogP contribution in [0.3, 0.4) is 0 Å². The highest BCUT2D eigenvalue weighted by molar-refractivity contribution is 7.13. The lowest BCUT2D eigenvalue weighted by atomic mass is 10.1. The number of amides is 1. The van der Waals surface area contributed by atoms with Crippen LogP contribution in [0.2, 0.25) is 0 Å². The number of alkyl halides is 2. The topological polar surface area (TPSA) is 86.8 Å². The predicted molar refractivity (Wildman–Crippen MR) is 111 cm³/mol. The maximum atomic E-state index is 12.7. The largest absolute Gasteiger partial charge is 0.493 e. The van der Waals surface area contributed by atoms with Crippen molar-refractivity contribution in [1.82, 2.24) is 4.98 Å². The summed E-state index contributed by atoms with van der Waals surface area (Å²) in [6.07, 6.45) is -0.0823. The number of carbonyl (C=O) groups is 2. The molecule has 0 saturated heterocycles. The molecule has 7 nitrogen and oxygen atoms in total. The lowest BCUT2D eigenvalue weighted by Crippen LogP contribution is -2.18. The van der Waals surface area contributed by atoms with E-state index in [-0.39, 0.29) is 29.2 Å². The summed E-state index contributed by atoms with van der Waals surface area (Å²) in [6, 6.07) is 11.7. The Balaban J connectivity index is 1.82. The van der Waals surface area contributed by atoms with Crippen LogP contribution in [0.4, 0.5) is 14.5 Å². The number of esters is 1. The van der Waals surface area contributed by atoms with Crippen molar-refractivity contribution in [2.24, 2.45) is 0 Å². The molecular weight excluding hydrogens is 430 g/mol. The number of ether oxygens (including phenoxy) is 3. The second kappa shape index (κ2) is 9.98. The van der Waals surface area contributed by atoms with Crippen LogP contribution < -0.4 is 14.8 Å². The van der Waals surface area contributed by atoms with Crippen molar-refractivity contribution in [3.8, 4) is 22.1 Å². The van der Waals surface area contributed by atoms with Gasteiger partial charge in [0.25, 0.3) is 0 Å². The number of rotatable bonds is 8. The van der Waals surface area contributed by atoms with Crippen LogP contribution in [0.15, 0.2) is 47.8 Å². The number of nitrogens with zero attached hydrogens (tertiary/aromatic N) is 1. The third kappa shape index (κ3) is 5.54. The maximum Gasteiger partial charge on any atom is 0.387 e. The zero-order valence-corrected chi connectivity index (χ0v) is 17.4. The number of thiazole rings is 1. The van der Waals surface area contributed by atoms with Crippen molar-refractivity contribution in [3.05, 3.63) is 59.1 Å². The normalized spacial score (nSPS) is 10.6. The van der Waals surface area contributed by atoms with Crippen molar-refractivity contribution >= 4 is 28.9 Å². The summed E-state index contributed by atoms with van der Waals surface area (Å²) in [5, 5.41) is 5.05. The van der Waals surface area contributed by atoms with Crippen LogP contribution in [-0.2, 0) is 16.0 Å². The van der Waals surface area contributed by atoms with Gasteiger partial charge in [-0.1, -0.05) is 30.3 Å². The van der Waals surface area contributed by atoms with Gasteiger partial charge in [-0.15, -0.1) is 11.3 Å². The second-order valence-electron chi connectivity index (χ2n) is 6.15. The SMILES string of the molecule is COC(=O)c1cc(OC)c(OC(F)F)cc1NC(=O)Cc1csc(-c2ccccc2)n1. The third-order valence-corrected chi connectivity index (χ3v) is 5.05. The molecule has 0 atom stereocenters. The minimum atomic E-state index is -3.12. The Kier molecular flexibility index (Phi) is 7.14. The Bertz CT molecular complexity index is 1070. The van der Waals surface area contributed by atoms with E-state index in [4.69, 9.17) is 9.47 Å². The van der Waals surface area contributed by atoms with Gasteiger partial charge in [0.15, 0.2) is 11.5 Å². The number of aromatic nitrogens is 1. The van der Waals surface area contributed by atoms with Gasteiger partial charge in [-0.05, 0) is 0 Å². The van der Waals surface area contributed by atoms with Crippen LogP contribution in [0, 0.1) is 0 Å². The van der Waals surface area contributed by atoms with Crippen molar-refractivity contribution in [1.29, 1.82) is 0 Å². The first kappa shape index (κ1) is 22.2. The molecule has 0 saturated carbocycles. The van der Waals surface area contributed by atoms with Crippen LogP contribution in [-0.4, -0.2) is 37.7 Å². The highest BCUT2D eigenvalue weighted by Gasteiger charge is 2.21. The van der Waals surface area contributed by atoms with E-state index in [1.807, 2.05) is 30.3 Å². The molecule has 162 valence electrons. The Labute approximate surface area is 180 Å². The molecule has 1 N–H and O–H groups in total. The molecule has 1 amide bonds. The van der Waals surface area contributed by atoms with Gasteiger partial charge in [0.05, 0.1) is 37.6 Å². The Morgan fingerprint density at radius 1 is 1.13 bits per heavy atom. The zero-order chi connectivity index (χ0) is 22.4. The first-order valence-corrected chi connectivity index (χ1v) is 9.84. The molecule has 3 rings (SSSR count). The van der Waals surface area contributed by atoms with E-state index in [0.29, 0.717) is 5.69 Å². The van der Waals surface area contributed by atoms with Crippen molar-refractivity contribution < 1.29 is 32.6 Å². The van der Waals surface area contributed by atoms with E-state index >= 15 is 0 Å². The number of halogens is 2. The highest BCUT2D eigenvalue weighted by atomic mass is 32.1. The van der Waals surface area contributed by atoms with E-state index in [0.717, 1.165) is 29.8 Å². The van der Waals surface area contributed by atoms with Gasteiger partial charge in [0.1, 0.15) is 5.01 Å². The number of hydrogen-bond acceptors (Lipinski definition) is 7. The molecule has 1 heterocycles. The van der Waals surface area contributed by atoms with E-state index in [1.165, 1.54) is 18.4 Å². The number of benzene rings is 2. The summed E-state index contributed by atoms with van der Waals surface area (Å²) in [6.45, 7) is -3.12. The molecule has 31 heavy (non-hydrogen) atoms. The highest BCUT2D eigenvalue weighted by Crippen LogP contribution is 2.35. The Morgan fingerprint density at radius 3 is 2.52 bits per heavy atom. The van der Waals surface area contributed by atoms with Gasteiger partial charge in [0.2, 0.25) is 5.91 Å². The van der Waals surface area contributed by atoms with Crippen molar-refractivity contribution in [2.45, 2.75) is 13.0 Å². The predicted octanol–water partition coefficient (Wildman–Crippen LogP) is 4.39. The molecule has 0 unspecified atom stereocenters. The summed E-state index contributed by atoms with van der Waals surface area (Å²) in [5.41, 5.74) is 1.33. The minimum absolute atomic E-state index is 0.0492. The van der Waals surface area contributed by atoms with Crippen LogP contribution in [0.1, 0.15) is 16.1 Å². The number of methoxy groups -OCH3 is 2. The molecule has 0 spiro atoms. The summed E-state index contributed by atoms with van der Waals surface area (Å²) in [4.78, 5) is 29.1. The average molecular weight is 448 g/mol. The maximum absolute atomic E-state index is 12.7. The fraction of sp³-hybridized carbons (Fsp3) is 0.190. The fourth-order valence-electron chi connectivity index (χ4n) is 2.75. The third-order valence-electron chi connectivity index (χ3n) is 4.11. The number of anilines is 1. The van der Waals surface area contributed by atoms with Gasteiger partial charge in [-0.3, -0.25) is 4.79 Å². The number of hydrogen-bond donors (Lipinski definition) is 1. The molecule has 0 aliphatic rings. The molecule has 0 fully saturated rings. The minimum Gasteiger partial charge on any atom is -0.493 e. The molecule has 0 radical (unpaired) electrons. The monoisotopic (exact) mass is 448 g/mol. The van der Waals surface area contributed by atoms with E-state index in [2.05, 4.69) is 15.0 Å². The Morgan fingerprint density at radius 2 is 1.87 bits per heavy atom. The fourth-order valence-corrected chi connectivity index (χ4v) is 3.58. The quantitative estimate of drug-likeness (QED) is 0.515. The Hall–Kier alpha value is -3.53. The molecule has 10 heteroatoms. The molecule has 2 aromatic carbocycles. The summed E-state index contributed by atoms with van der Waals surface area (Å²) < 4.78 is 39.6. The standard InChI is InChI=1S/C21H18F2N2O5S/c1-28-16-9-14(20(27)29-2)15(10-17(16)30-21(22)23)25-18(26)8-13-11-31-19(24-13)12-6-4-3-5-7-12/h3-7,9-11,21H,8H2,1-2H3,(H,25,26). The molecule has 0 bridgehead atoms. The van der Waals surface area contributed by atoms with Gasteiger partial charge in [-0.25, -0.2) is 9.78 Å². The zero-order valence-electron chi connectivity index (χ0n) is 16.6. The summed E-state index contributed by atoms with van der Waals surface area (Å²) in [5.74, 6) is -1.72. The first-order valence-electron chi connectivity index (χ1n) is 8.96. The average Bonchev–Trinajstić information content (AvgIpc) is 3.22. The number of nitrogens with one attached hydrogen (secondary N) is 1. The van der Waals surface area contributed by atoms with Crippen molar-refractivity contribution in [3.63, 3.8) is 0 Å². The molecule has 0 aliphatic carbocycles. The van der Waals surface area contributed by atoms with E-state index < -0.39 is 18.5 Å². The van der Waals surface area contributed by atoms with Crippen LogP contribution in [0.5, 0.6) is 11.5 Å². The lowest BCUT2D eigenvalue weighted by molar-refractivity contribution is -0.115. The van der Waals surface area contributed by atoms with E-state index in [1.54, 1.807) is 5.38 Å². The summed E-state index contributed by atoms with van der Waals surface area (Å²) >= 11 is 1.39. The number of carbonyl (C=O) groups excluding carboxylic acids is 2.